The zero-order chi connectivity index (χ0) is 17.3. The van der Waals surface area contributed by atoms with Crippen LogP contribution in [0.2, 0.25) is 0 Å². The molecule has 1 aromatic rings. The molecule has 126 valence electrons. The molecule has 0 spiro atoms. The van der Waals surface area contributed by atoms with Gasteiger partial charge in [0.25, 0.3) is 0 Å². The van der Waals surface area contributed by atoms with E-state index >= 15 is 0 Å². The molecule has 1 aromatic carbocycles. The van der Waals surface area contributed by atoms with E-state index in [0.717, 1.165) is 0 Å². The van der Waals surface area contributed by atoms with Crippen molar-refractivity contribution in [2.24, 2.45) is 0 Å². The molecule has 0 radical (unpaired) electrons. The van der Waals surface area contributed by atoms with Crippen LogP contribution in [0.5, 0.6) is 5.75 Å². The molecule has 0 saturated carbocycles. The lowest BCUT2D eigenvalue weighted by Crippen LogP contribution is -2.41. The number of hydrogen-bond acceptors (Lipinski definition) is 5. The highest BCUT2D eigenvalue weighted by Crippen LogP contribution is 2.31. The van der Waals surface area contributed by atoms with E-state index in [2.05, 4.69) is 23.8 Å². The van der Waals surface area contributed by atoms with Gasteiger partial charge >= 0.3 is 0 Å². The minimum atomic E-state index is -1.11. The second-order valence-electron chi connectivity index (χ2n) is 4.87. The third kappa shape index (κ3) is 6.14. The topological polar surface area (TPSA) is 68.8 Å². The summed E-state index contributed by atoms with van der Waals surface area (Å²) in [6.45, 7) is 11.0. The molecule has 2 N–H and O–H groups in total. The van der Waals surface area contributed by atoms with Crippen LogP contribution in [-0.4, -0.2) is 32.1 Å². The molecule has 0 atom stereocenters. The number of benzene rings is 1. The molecule has 0 aliphatic carbocycles. The van der Waals surface area contributed by atoms with Crippen molar-refractivity contribution < 1.29 is 19.0 Å². The number of amides is 1. The van der Waals surface area contributed by atoms with Crippen LogP contribution in [0.25, 0.3) is 0 Å². The Labute approximate surface area is 137 Å². The van der Waals surface area contributed by atoms with E-state index in [1.807, 2.05) is 0 Å². The number of rotatable bonds is 10. The van der Waals surface area contributed by atoms with Crippen LogP contribution >= 0.6 is 0 Å². The number of anilines is 2. The highest BCUT2D eigenvalue weighted by molar-refractivity contribution is 5.89. The van der Waals surface area contributed by atoms with Gasteiger partial charge in [-0.05, 0) is 18.2 Å². The van der Waals surface area contributed by atoms with E-state index in [0.29, 0.717) is 30.3 Å². The zero-order valence-electron chi connectivity index (χ0n) is 13.8. The molecule has 6 nitrogen and oxygen atoms in total. The van der Waals surface area contributed by atoms with Gasteiger partial charge in [-0.25, -0.2) is 0 Å². The number of carbonyl (C=O) groups is 1. The molecule has 0 unspecified atom stereocenters. The molecular weight excluding hydrogens is 296 g/mol. The summed E-state index contributed by atoms with van der Waals surface area (Å²) >= 11 is 0. The van der Waals surface area contributed by atoms with Gasteiger partial charge in [-0.1, -0.05) is 12.2 Å². The molecule has 0 bridgehead atoms. The molecular formula is C17H24N2O4. The normalized spacial score (nSPS) is 10.7. The van der Waals surface area contributed by atoms with Crippen molar-refractivity contribution in [1.82, 2.24) is 0 Å². The Morgan fingerprint density at radius 2 is 1.87 bits per heavy atom. The largest absolute Gasteiger partial charge is 0.495 e. The number of carbonyl (C=O) groups excluding carboxylic acids is 1. The second kappa shape index (κ2) is 8.97. The minimum absolute atomic E-state index is 0.158. The van der Waals surface area contributed by atoms with Gasteiger partial charge in [-0.15, -0.1) is 13.2 Å². The van der Waals surface area contributed by atoms with E-state index in [1.54, 1.807) is 44.4 Å². The van der Waals surface area contributed by atoms with Crippen molar-refractivity contribution >= 4 is 17.3 Å². The SMILES string of the molecule is C=CCOC(C)(Nc1cc(NC(C)=O)ccc1OC)OCC=C. The number of methoxy groups -OCH3 is 1. The van der Waals surface area contributed by atoms with Crippen molar-refractivity contribution in [3.8, 4) is 5.75 Å². The highest BCUT2D eigenvalue weighted by Gasteiger charge is 2.26. The first-order chi connectivity index (χ1) is 10.9. The maximum Gasteiger partial charge on any atom is 0.246 e. The quantitative estimate of drug-likeness (QED) is 0.512. The fourth-order valence-corrected chi connectivity index (χ4v) is 1.88. The van der Waals surface area contributed by atoms with E-state index in [4.69, 9.17) is 14.2 Å². The van der Waals surface area contributed by atoms with E-state index in [-0.39, 0.29) is 5.91 Å². The number of ether oxygens (including phenoxy) is 3. The average Bonchev–Trinajstić information content (AvgIpc) is 2.51. The summed E-state index contributed by atoms with van der Waals surface area (Å²) in [6.07, 6.45) is 3.25. The molecule has 23 heavy (non-hydrogen) atoms. The summed E-state index contributed by atoms with van der Waals surface area (Å²) in [7, 11) is 1.56. The molecule has 0 saturated heterocycles. The molecule has 0 aromatic heterocycles. The third-order valence-corrected chi connectivity index (χ3v) is 2.83. The molecule has 6 heteroatoms. The number of hydrogen-bond donors (Lipinski definition) is 2. The van der Waals surface area contributed by atoms with Crippen LogP contribution in [0.3, 0.4) is 0 Å². The summed E-state index contributed by atoms with van der Waals surface area (Å²) in [4.78, 5) is 11.2. The first-order valence-corrected chi connectivity index (χ1v) is 7.17. The Balaban J connectivity index is 3.05. The van der Waals surface area contributed by atoms with Crippen LogP contribution < -0.4 is 15.4 Å². The van der Waals surface area contributed by atoms with Gasteiger partial charge in [0.15, 0.2) is 0 Å². The van der Waals surface area contributed by atoms with E-state index < -0.39 is 5.91 Å². The lowest BCUT2D eigenvalue weighted by atomic mass is 10.2. The first-order valence-electron chi connectivity index (χ1n) is 7.17. The van der Waals surface area contributed by atoms with Crippen molar-refractivity contribution in [1.29, 1.82) is 0 Å². The van der Waals surface area contributed by atoms with Gasteiger partial charge in [-0.2, -0.15) is 0 Å². The summed E-state index contributed by atoms with van der Waals surface area (Å²) in [6, 6.07) is 5.24. The molecule has 0 heterocycles. The van der Waals surface area contributed by atoms with Crippen LogP contribution in [0, 0.1) is 0 Å². The van der Waals surface area contributed by atoms with Crippen LogP contribution in [0.4, 0.5) is 11.4 Å². The summed E-state index contributed by atoms with van der Waals surface area (Å²) in [5.41, 5.74) is 1.25. The standard InChI is InChI=1S/C17H24N2O4/c1-6-10-22-17(4,23-11-7-2)19-15-12-14(18-13(3)20)8-9-16(15)21-5/h6-9,12,19H,1-2,10-11H2,3-5H3,(H,18,20). The van der Waals surface area contributed by atoms with Crippen molar-refractivity contribution in [3.63, 3.8) is 0 Å². The second-order valence-corrected chi connectivity index (χ2v) is 4.87. The van der Waals surface area contributed by atoms with Crippen molar-refractivity contribution in [2.45, 2.75) is 19.8 Å². The van der Waals surface area contributed by atoms with Gasteiger partial charge in [-0.3, -0.25) is 4.79 Å². The van der Waals surface area contributed by atoms with Crippen LogP contribution in [-0.2, 0) is 14.3 Å². The van der Waals surface area contributed by atoms with Crippen molar-refractivity contribution in [2.75, 3.05) is 31.0 Å². The maximum absolute atomic E-state index is 11.2. The van der Waals surface area contributed by atoms with Gasteiger partial charge in [0, 0.05) is 19.5 Å². The Kier molecular flexibility index (Phi) is 7.31. The predicted molar refractivity (Wildman–Crippen MR) is 91.6 cm³/mol. The smallest absolute Gasteiger partial charge is 0.246 e. The highest BCUT2D eigenvalue weighted by atomic mass is 16.7. The fourth-order valence-electron chi connectivity index (χ4n) is 1.88. The minimum Gasteiger partial charge on any atom is -0.495 e. The lowest BCUT2D eigenvalue weighted by Gasteiger charge is -2.31. The predicted octanol–water partition coefficient (Wildman–Crippen LogP) is 3.14. The zero-order valence-corrected chi connectivity index (χ0v) is 13.8. The summed E-state index contributed by atoms with van der Waals surface area (Å²) < 4.78 is 16.7. The molecule has 0 fully saturated rings. The Morgan fingerprint density at radius 1 is 1.26 bits per heavy atom. The van der Waals surface area contributed by atoms with Crippen LogP contribution in [0.1, 0.15) is 13.8 Å². The lowest BCUT2D eigenvalue weighted by molar-refractivity contribution is -0.192. The van der Waals surface area contributed by atoms with Gasteiger partial charge < -0.3 is 24.8 Å². The van der Waals surface area contributed by atoms with Crippen molar-refractivity contribution in [3.05, 3.63) is 43.5 Å². The number of nitrogens with one attached hydrogen (secondary N) is 2. The van der Waals surface area contributed by atoms with Gasteiger partial charge in [0.05, 0.1) is 26.0 Å². The van der Waals surface area contributed by atoms with Gasteiger partial charge in [0.1, 0.15) is 5.75 Å². The third-order valence-electron chi connectivity index (χ3n) is 2.83. The monoisotopic (exact) mass is 320 g/mol. The Bertz CT molecular complexity index is 546. The molecule has 0 aliphatic rings. The van der Waals surface area contributed by atoms with E-state index in [9.17, 15) is 4.79 Å². The first kappa shape index (κ1) is 18.7. The van der Waals surface area contributed by atoms with Gasteiger partial charge in [0.2, 0.25) is 11.8 Å². The molecule has 1 amide bonds. The Morgan fingerprint density at radius 3 is 2.35 bits per heavy atom. The fraction of sp³-hybridized carbons (Fsp3) is 0.353. The van der Waals surface area contributed by atoms with E-state index in [1.165, 1.54) is 6.92 Å². The molecule has 0 aliphatic heterocycles. The maximum atomic E-state index is 11.2. The average molecular weight is 320 g/mol. The summed E-state index contributed by atoms with van der Waals surface area (Å²) in [5, 5.41) is 5.86. The summed E-state index contributed by atoms with van der Waals surface area (Å²) in [5.74, 6) is -0.672. The molecule has 1 rings (SSSR count). The van der Waals surface area contributed by atoms with Crippen LogP contribution in [0.15, 0.2) is 43.5 Å². The Hall–Kier alpha value is -2.31.